The molecule has 0 saturated heterocycles. The first-order valence-electron chi connectivity index (χ1n) is 4.54. The van der Waals surface area contributed by atoms with Gasteiger partial charge in [-0.2, -0.15) is 0 Å². The Morgan fingerprint density at radius 3 is 2.86 bits per heavy atom. The Morgan fingerprint density at radius 2 is 2.21 bits per heavy atom. The number of thiophene rings is 1. The molecular weight excluding hydrogens is 276 g/mol. The van der Waals surface area contributed by atoms with Gasteiger partial charge in [-0.05, 0) is 17.5 Å². The summed E-state index contributed by atoms with van der Waals surface area (Å²) in [7, 11) is 0. The van der Waals surface area contributed by atoms with E-state index in [1.54, 1.807) is 11.3 Å². The zero-order chi connectivity index (χ0) is 10.1. The molecule has 0 N–H and O–H groups in total. The molecule has 0 radical (unpaired) electrons. The van der Waals surface area contributed by atoms with E-state index in [0.717, 1.165) is 16.6 Å². The second kappa shape index (κ2) is 4.25. The van der Waals surface area contributed by atoms with Crippen molar-refractivity contribution in [2.75, 3.05) is 0 Å². The Balaban J connectivity index is 2.77. The maximum atomic E-state index is 4.45. The Hall–Kier alpha value is 0.01000. The highest BCUT2D eigenvalue weighted by Gasteiger charge is 2.08. The number of thiol groups is 1. The fraction of sp³-hybridized carbons (Fsp3) is 0.273. The molecular formula is C11H11BrS2. The highest BCUT2D eigenvalue weighted by molar-refractivity contribution is 9.08. The molecule has 0 unspecified atom stereocenters. The van der Waals surface area contributed by atoms with Crippen molar-refractivity contribution in [3.05, 3.63) is 28.6 Å². The van der Waals surface area contributed by atoms with Gasteiger partial charge in [0.15, 0.2) is 0 Å². The Kier molecular flexibility index (Phi) is 3.20. The Bertz CT molecular complexity index is 460. The van der Waals surface area contributed by atoms with Gasteiger partial charge in [-0.15, -0.1) is 24.0 Å². The average Bonchev–Trinajstić information content (AvgIpc) is 2.59. The molecule has 0 atom stereocenters. The Labute approximate surface area is 102 Å². The molecule has 0 aliphatic rings. The molecule has 2 aromatic rings. The maximum absolute atomic E-state index is 4.45. The molecule has 2 rings (SSSR count). The lowest BCUT2D eigenvalue weighted by Gasteiger charge is -2.05. The second-order valence-corrected chi connectivity index (χ2v) is 5.11. The molecule has 1 heterocycles. The zero-order valence-corrected chi connectivity index (χ0v) is 11.2. The third-order valence-corrected chi connectivity index (χ3v) is 4.60. The van der Waals surface area contributed by atoms with Crippen molar-refractivity contribution in [1.29, 1.82) is 0 Å². The van der Waals surface area contributed by atoms with Crippen LogP contribution in [0.3, 0.4) is 0 Å². The first-order valence-corrected chi connectivity index (χ1v) is 6.99. The van der Waals surface area contributed by atoms with E-state index in [1.165, 1.54) is 21.2 Å². The highest BCUT2D eigenvalue weighted by Crippen LogP contribution is 2.34. The van der Waals surface area contributed by atoms with Crippen LogP contribution in [0.5, 0.6) is 0 Å². The topological polar surface area (TPSA) is 0 Å². The molecule has 14 heavy (non-hydrogen) atoms. The lowest BCUT2D eigenvalue weighted by Crippen LogP contribution is -1.88. The SMILES string of the molecule is CCc1ccc2c(S)csc2c1CBr. The van der Waals surface area contributed by atoms with Crippen LogP contribution in [0.15, 0.2) is 22.4 Å². The van der Waals surface area contributed by atoms with Crippen LogP contribution in [-0.2, 0) is 11.8 Å². The number of hydrogen-bond acceptors (Lipinski definition) is 2. The zero-order valence-electron chi connectivity index (χ0n) is 7.88. The minimum atomic E-state index is 0.932. The molecule has 1 aromatic carbocycles. The minimum absolute atomic E-state index is 0.932. The molecule has 1 aromatic heterocycles. The molecule has 0 spiro atoms. The van der Waals surface area contributed by atoms with Crippen molar-refractivity contribution in [3.8, 4) is 0 Å². The normalized spacial score (nSPS) is 11.1. The number of aryl methyl sites for hydroxylation is 1. The van der Waals surface area contributed by atoms with E-state index >= 15 is 0 Å². The highest BCUT2D eigenvalue weighted by atomic mass is 79.9. The van der Waals surface area contributed by atoms with Crippen LogP contribution in [0.25, 0.3) is 10.1 Å². The van der Waals surface area contributed by atoms with E-state index in [4.69, 9.17) is 0 Å². The van der Waals surface area contributed by atoms with Gasteiger partial charge in [-0.25, -0.2) is 0 Å². The van der Waals surface area contributed by atoms with Gasteiger partial charge in [0.05, 0.1) is 0 Å². The molecule has 0 aliphatic carbocycles. The summed E-state index contributed by atoms with van der Waals surface area (Å²) in [5.74, 6) is 0. The van der Waals surface area contributed by atoms with Crippen LogP contribution in [0.2, 0.25) is 0 Å². The summed E-state index contributed by atoms with van der Waals surface area (Å²) < 4.78 is 1.38. The second-order valence-electron chi connectivity index (χ2n) is 3.19. The van der Waals surface area contributed by atoms with E-state index in [2.05, 4.69) is 53.0 Å². The summed E-state index contributed by atoms with van der Waals surface area (Å²) in [6, 6.07) is 4.39. The lowest BCUT2D eigenvalue weighted by atomic mass is 10.0. The number of hydrogen-bond donors (Lipinski definition) is 1. The van der Waals surface area contributed by atoms with Crippen LogP contribution in [0.4, 0.5) is 0 Å². The number of alkyl halides is 1. The van der Waals surface area contributed by atoms with Gasteiger partial charge in [-0.3, -0.25) is 0 Å². The lowest BCUT2D eigenvalue weighted by molar-refractivity contribution is 1.12. The summed E-state index contributed by atoms with van der Waals surface area (Å²) in [5, 5.41) is 4.32. The van der Waals surface area contributed by atoms with Crippen LogP contribution in [0.1, 0.15) is 18.1 Å². The van der Waals surface area contributed by atoms with E-state index in [1.807, 2.05) is 0 Å². The largest absolute Gasteiger partial charge is 0.142 e. The molecule has 0 saturated carbocycles. The summed E-state index contributed by atoms with van der Waals surface area (Å²) in [5.41, 5.74) is 2.86. The van der Waals surface area contributed by atoms with Crippen LogP contribution in [-0.4, -0.2) is 0 Å². The molecule has 0 bridgehead atoms. The molecule has 0 fully saturated rings. The van der Waals surface area contributed by atoms with E-state index < -0.39 is 0 Å². The van der Waals surface area contributed by atoms with Gasteiger partial charge in [0, 0.05) is 25.7 Å². The van der Waals surface area contributed by atoms with Gasteiger partial charge in [0.25, 0.3) is 0 Å². The molecule has 0 amide bonds. The van der Waals surface area contributed by atoms with Crippen LogP contribution >= 0.6 is 39.9 Å². The van der Waals surface area contributed by atoms with E-state index in [0.29, 0.717) is 0 Å². The van der Waals surface area contributed by atoms with Gasteiger partial charge >= 0.3 is 0 Å². The molecule has 3 heteroatoms. The monoisotopic (exact) mass is 286 g/mol. The van der Waals surface area contributed by atoms with Crippen LogP contribution in [0, 0.1) is 0 Å². The average molecular weight is 287 g/mol. The van der Waals surface area contributed by atoms with E-state index in [9.17, 15) is 0 Å². The van der Waals surface area contributed by atoms with Gasteiger partial charge < -0.3 is 0 Å². The molecule has 0 aliphatic heterocycles. The van der Waals surface area contributed by atoms with Gasteiger partial charge in [0.1, 0.15) is 0 Å². The van der Waals surface area contributed by atoms with Crippen LogP contribution < -0.4 is 0 Å². The molecule has 74 valence electrons. The van der Waals surface area contributed by atoms with Crippen molar-refractivity contribution in [2.24, 2.45) is 0 Å². The first kappa shape index (κ1) is 10.5. The third kappa shape index (κ3) is 1.62. The quantitative estimate of drug-likeness (QED) is 0.603. The fourth-order valence-electron chi connectivity index (χ4n) is 1.66. The number of halogens is 1. The van der Waals surface area contributed by atoms with Crippen molar-refractivity contribution in [1.82, 2.24) is 0 Å². The number of benzene rings is 1. The predicted octanol–water partition coefficient (Wildman–Crippen LogP) is 4.65. The first-order chi connectivity index (χ1) is 6.77. The standard InChI is InChI=1S/C11H11BrS2/c1-2-7-3-4-8-10(13)6-14-11(8)9(7)5-12/h3-4,6,13H,2,5H2,1H3. The smallest absolute Gasteiger partial charge is 0.0397 e. The van der Waals surface area contributed by atoms with E-state index in [-0.39, 0.29) is 0 Å². The minimum Gasteiger partial charge on any atom is -0.142 e. The summed E-state index contributed by atoms with van der Waals surface area (Å²) in [4.78, 5) is 1.09. The summed E-state index contributed by atoms with van der Waals surface area (Å²) >= 11 is 9.80. The summed E-state index contributed by atoms with van der Waals surface area (Å²) in [6.07, 6.45) is 1.09. The van der Waals surface area contributed by atoms with Crippen molar-refractivity contribution < 1.29 is 0 Å². The van der Waals surface area contributed by atoms with Crippen molar-refractivity contribution in [2.45, 2.75) is 23.6 Å². The molecule has 0 nitrogen and oxygen atoms in total. The Morgan fingerprint density at radius 1 is 1.43 bits per heavy atom. The van der Waals surface area contributed by atoms with Gasteiger partial charge in [-0.1, -0.05) is 35.0 Å². The van der Waals surface area contributed by atoms with Crippen molar-refractivity contribution in [3.63, 3.8) is 0 Å². The summed E-state index contributed by atoms with van der Waals surface area (Å²) in [6.45, 7) is 2.20. The number of fused-ring (bicyclic) bond motifs is 1. The maximum Gasteiger partial charge on any atom is 0.0397 e. The third-order valence-electron chi connectivity index (χ3n) is 2.44. The van der Waals surface area contributed by atoms with Crippen molar-refractivity contribution >= 4 is 50.0 Å². The van der Waals surface area contributed by atoms with Gasteiger partial charge in [0.2, 0.25) is 0 Å². The predicted molar refractivity (Wildman–Crippen MR) is 71.1 cm³/mol. The fourth-order valence-corrected chi connectivity index (χ4v) is 3.91. The number of rotatable bonds is 2.